The van der Waals surface area contributed by atoms with E-state index in [1.807, 2.05) is 6.92 Å². The number of esters is 1. The molecule has 6 heteroatoms. The summed E-state index contributed by atoms with van der Waals surface area (Å²) >= 11 is 0. The molecule has 0 amide bonds. The fourth-order valence-electron chi connectivity index (χ4n) is 3.53. The summed E-state index contributed by atoms with van der Waals surface area (Å²) in [5.41, 5.74) is 0.166. The van der Waals surface area contributed by atoms with Gasteiger partial charge in [0.05, 0.1) is 12.5 Å². The Kier molecular flexibility index (Phi) is 4.36. The number of likely N-dealkylation sites (tertiary alicyclic amines) is 1. The highest BCUT2D eigenvalue weighted by Gasteiger charge is 2.58. The van der Waals surface area contributed by atoms with Gasteiger partial charge in [0.15, 0.2) is 11.4 Å². The number of carbonyl (C=O) groups is 1. The van der Waals surface area contributed by atoms with Crippen LogP contribution < -0.4 is 0 Å². The van der Waals surface area contributed by atoms with Crippen LogP contribution in [0.15, 0.2) is 5.16 Å². The molecule has 19 heavy (non-hydrogen) atoms. The number of fused-ring (bicyclic) bond motifs is 1. The number of hydrogen-bond acceptors (Lipinski definition) is 5. The van der Waals surface area contributed by atoms with Gasteiger partial charge in [-0.2, -0.15) is 0 Å². The van der Waals surface area contributed by atoms with Crippen molar-refractivity contribution in [1.29, 1.82) is 0 Å². The molecule has 2 heterocycles. The Labute approximate surface area is 119 Å². The van der Waals surface area contributed by atoms with Crippen molar-refractivity contribution in [2.24, 2.45) is 11.1 Å². The molecule has 0 aromatic rings. The minimum atomic E-state index is -0.335. The number of nitrogens with zero attached hydrogens (tertiary/aromatic N) is 2. The summed E-state index contributed by atoms with van der Waals surface area (Å²) in [6, 6.07) is 0. The lowest BCUT2D eigenvalue weighted by Gasteiger charge is -2.36. The molecule has 5 nitrogen and oxygen atoms in total. The molecule has 3 rings (SSSR count). The van der Waals surface area contributed by atoms with Crippen molar-refractivity contribution in [2.45, 2.75) is 44.8 Å². The molecule has 0 N–H and O–H groups in total. The Morgan fingerprint density at radius 1 is 1.47 bits per heavy atom. The first-order valence-electron chi connectivity index (χ1n) is 6.96. The number of halogens is 1. The highest BCUT2D eigenvalue weighted by Crippen LogP contribution is 2.47. The average molecular weight is 289 g/mol. The van der Waals surface area contributed by atoms with Gasteiger partial charge < -0.3 is 9.57 Å². The second-order valence-electron chi connectivity index (χ2n) is 5.27. The predicted molar refractivity (Wildman–Crippen MR) is 73.3 cm³/mol. The van der Waals surface area contributed by atoms with E-state index in [4.69, 9.17) is 9.57 Å². The van der Waals surface area contributed by atoms with Crippen molar-refractivity contribution in [3.05, 3.63) is 0 Å². The van der Waals surface area contributed by atoms with Crippen LogP contribution in [0.25, 0.3) is 0 Å². The molecular formula is C13H21ClN2O3. The van der Waals surface area contributed by atoms with Gasteiger partial charge in [0.2, 0.25) is 0 Å². The first-order chi connectivity index (χ1) is 8.78. The van der Waals surface area contributed by atoms with E-state index in [2.05, 4.69) is 10.1 Å². The monoisotopic (exact) mass is 288 g/mol. The van der Waals surface area contributed by atoms with Crippen LogP contribution in [0, 0.1) is 5.92 Å². The molecule has 3 aliphatic rings. The Morgan fingerprint density at radius 3 is 2.89 bits per heavy atom. The summed E-state index contributed by atoms with van der Waals surface area (Å²) in [5, 5.41) is 4.06. The number of ether oxygens (including phenoxy) is 1. The molecule has 2 unspecified atom stereocenters. The van der Waals surface area contributed by atoms with Crippen molar-refractivity contribution in [3.8, 4) is 0 Å². The standard InChI is InChI=1S/C13H20N2O3.ClH/c1-2-17-12(16)11-10-6-5-7-13(10,18-14-11)15-8-3-4-9-15;/h10H,2-9H2,1H3;1H. The number of rotatable bonds is 3. The molecule has 2 aliphatic heterocycles. The van der Waals surface area contributed by atoms with Gasteiger partial charge in [-0.15, -0.1) is 12.4 Å². The van der Waals surface area contributed by atoms with Gasteiger partial charge in [0.1, 0.15) is 0 Å². The molecule has 1 saturated heterocycles. The van der Waals surface area contributed by atoms with E-state index >= 15 is 0 Å². The van der Waals surface area contributed by atoms with E-state index in [1.54, 1.807) is 0 Å². The van der Waals surface area contributed by atoms with Crippen LogP contribution in [0.5, 0.6) is 0 Å². The van der Waals surface area contributed by atoms with E-state index < -0.39 is 0 Å². The molecule has 108 valence electrons. The van der Waals surface area contributed by atoms with Gasteiger partial charge >= 0.3 is 5.97 Å². The quantitative estimate of drug-likeness (QED) is 0.745. The zero-order valence-corrected chi connectivity index (χ0v) is 12.1. The lowest BCUT2D eigenvalue weighted by atomic mass is 9.93. The molecule has 0 radical (unpaired) electrons. The second-order valence-corrected chi connectivity index (χ2v) is 5.27. The highest BCUT2D eigenvalue weighted by atomic mass is 35.5. The van der Waals surface area contributed by atoms with Gasteiger partial charge in [-0.05, 0) is 32.6 Å². The molecule has 1 aliphatic carbocycles. The lowest BCUT2D eigenvalue weighted by Crippen LogP contribution is -2.51. The fraction of sp³-hybridized carbons (Fsp3) is 0.846. The van der Waals surface area contributed by atoms with E-state index in [-0.39, 0.29) is 30.0 Å². The van der Waals surface area contributed by atoms with E-state index in [0.29, 0.717) is 12.3 Å². The maximum atomic E-state index is 11.9. The molecule has 2 atom stereocenters. The van der Waals surface area contributed by atoms with Crippen LogP contribution in [-0.4, -0.2) is 42.0 Å². The zero-order chi connectivity index (χ0) is 12.6. The summed E-state index contributed by atoms with van der Waals surface area (Å²) in [5.74, 6) is -0.194. The average Bonchev–Trinajstić information content (AvgIpc) is 3.04. The van der Waals surface area contributed by atoms with Crippen molar-refractivity contribution in [1.82, 2.24) is 4.90 Å². The summed E-state index contributed by atoms with van der Waals surface area (Å²) < 4.78 is 5.07. The smallest absolute Gasteiger partial charge is 0.356 e. The molecule has 0 spiro atoms. The zero-order valence-electron chi connectivity index (χ0n) is 11.3. The molecule has 2 fully saturated rings. The summed E-state index contributed by atoms with van der Waals surface area (Å²) in [7, 11) is 0. The first kappa shape index (κ1) is 14.6. The Balaban J connectivity index is 0.00000133. The normalized spacial score (nSPS) is 33.3. The number of oxime groups is 1. The van der Waals surface area contributed by atoms with Gasteiger partial charge in [-0.1, -0.05) is 5.16 Å². The summed E-state index contributed by atoms with van der Waals surface area (Å²) in [6.45, 7) is 4.32. The van der Waals surface area contributed by atoms with E-state index in [9.17, 15) is 4.79 Å². The van der Waals surface area contributed by atoms with Gasteiger partial charge in [-0.25, -0.2) is 4.79 Å². The summed E-state index contributed by atoms with van der Waals surface area (Å²) in [4.78, 5) is 20.0. The molecular weight excluding hydrogens is 268 g/mol. The number of carbonyl (C=O) groups excluding carboxylic acids is 1. The largest absolute Gasteiger partial charge is 0.461 e. The highest BCUT2D eigenvalue weighted by molar-refractivity contribution is 6.37. The van der Waals surface area contributed by atoms with Crippen LogP contribution in [0.4, 0.5) is 0 Å². The summed E-state index contributed by atoms with van der Waals surface area (Å²) in [6.07, 6.45) is 5.48. The van der Waals surface area contributed by atoms with Crippen LogP contribution in [-0.2, 0) is 14.4 Å². The van der Waals surface area contributed by atoms with Crippen molar-refractivity contribution in [3.63, 3.8) is 0 Å². The third kappa shape index (κ3) is 2.23. The van der Waals surface area contributed by atoms with Crippen molar-refractivity contribution >= 4 is 24.1 Å². The third-order valence-electron chi connectivity index (χ3n) is 4.33. The Hall–Kier alpha value is -0.810. The van der Waals surface area contributed by atoms with Crippen LogP contribution in [0.1, 0.15) is 39.0 Å². The predicted octanol–water partition coefficient (Wildman–Crippen LogP) is 1.95. The van der Waals surface area contributed by atoms with E-state index in [1.165, 1.54) is 12.8 Å². The van der Waals surface area contributed by atoms with Crippen LogP contribution >= 0.6 is 12.4 Å². The first-order valence-corrected chi connectivity index (χ1v) is 6.96. The minimum absolute atomic E-state index is 0. The maximum absolute atomic E-state index is 11.9. The van der Waals surface area contributed by atoms with Gasteiger partial charge in [0, 0.05) is 19.5 Å². The Bertz CT molecular complexity index is 382. The van der Waals surface area contributed by atoms with Gasteiger partial charge in [0.25, 0.3) is 0 Å². The second kappa shape index (κ2) is 5.67. The fourth-order valence-corrected chi connectivity index (χ4v) is 3.53. The minimum Gasteiger partial charge on any atom is -0.461 e. The SMILES string of the molecule is CCOC(=O)C1=NOC2(N3CCCC3)CCCC12.Cl. The molecule has 0 aromatic heterocycles. The Morgan fingerprint density at radius 2 is 2.21 bits per heavy atom. The molecule has 0 aromatic carbocycles. The maximum Gasteiger partial charge on any atom is 0.356 e. The lowest BCUT2D eigenvalue weighted by molar-refractivity contribution is -0.142. The topological polar surface area (TPSA) is 51.1 Å². The van der Waals surface area contributed by atoms with Crippen molar-refractivity contribution < 1.29 is 14.4 Å². The van der Waals surface area contributed by atoms with Gasteiger partial charge in [-0.3, -0.25) is 4.90 Å². The van der Waals surface area contributed by atoms with Crippen LogP contribution in [0.3, 0.4) is 0 Å². The third-order valence-corrected chi connectivity index (χ3v) is 4.33. The van der Waals surface area contributed by atoms with E-state index in [0.717, 1.165) is 32.4 Å². The van der Waals surface area contributed by atoms with Crippen LogP contribution in [0.2, 0.25) is 0 Å². The molecule has 1 saturated carbocycles. The number of hydrogen-bond donors (Lipinski definition) is 0. The van der Waals surface area contributed by atoms with Crippen molar-refractivity contribution in [2.75, 3.05) is 19.7 Å². The molecule has 0 bridgehead atoms.